The first-order valence-corrected chi connectivity index (χ1v) is 14.7. The van der Waals surface area contributed by atoms with E-state index in [-0.39, 0.29) is 0 Å². The van der Waals surface area contributed by atoms with E-state index in [2.05, 4.69) is 181 Å². The molecular formula is C41H29NO. The second kappa shape index (κ2) is 10.3. The Hall–Kier alpha value is -5.60. The van der Waals surface area contributed by atoms with Gasteiger partial charge in [0.05, 0.1) is 16.8 Å². The van der Waals surface area contributed by atoms with Crippen molar-refractivity contribution in [2.45, 2.75) is 5.41 Å². The van der Waals surface area contributed by atoms with Crippen molar-refractivity contribution in [2.24, 2.45) is 0 Å². The van der Waals surface area contributed by atoms with Crippen LogP contribution in [0.3, 0.4) is 0 Å². The predicted molar refractivity (Wildman–Crippen MR) is 177 cm³/mol. The standard InChI is InChI=1S/C41H29NO/c1-4-18-31(19-5-1)41(32-20-6-2-7-21-32)35-25-12-13-29-39(35)43-40-36(41)26-15-28-38(40)42(33-22-8-3-9-23-33)37-27-14-17-30-16-10-11-24-34(30)37/h1-29H. The first-order valence-electron chi connectivity index (χ1n) is 14.7. The predicted octanol–water partition coefficient (Wildman–Crippen LogP) is 10.8. The summed E-state index contributed by atoms with van der Waals surface area (Å²) in [6.45, 7) is 0. The minimum Gasteiger partial charge on any atom is -0.454 e. The van der Waals surface area contributed by atoms with Gasteiger partial charge in [0, 0.05) is 22.2 Å². The van der Waals surface area contributed by atoms with Crippen molar-refractivity contribution < 1.29 is 4.74 Å². The van der Waals surface area contributed by atoms with E-state index in [1.54, 1.807) is 0 Å². The lowest BCUT2D eigenvalue weighted by Gasteiger charge is -2.43. The minimum atomic E-state index is -0.580. The number of benzene rings is 7. The number of hydrogen-bond acceptors (Lipinski definition) is 2. The van der Waals surface area contributed by atoms with Crippen LogP contribution in [0.2, 0.25) is 0 Å². The van der Waals surface area contributed by atoms with Gasteiger partial charge in [0.1, 0.15) is 5.75 Å². The van der Waals surface area contributed by atoms with Gasteiger partial charge in [-0.3, -0.25) is 0 Å². The van der Waals surface area contributed by atoms with Crippen molar-refractivity contribution in [3.63, 3.8) is 0 Å². The quantitative estimate of drug-likeness (QED) is 0.211. The Morgan fingerprint density at radius 1 is 0.419 bits per heavy atom. The summed E-state index contributed by atoms with van der Waals surface area (Å²) in [5, 5.41) is 2.37. The Labute approximate surface area is 252 Å². The third-order valence-corrected chi connectivity index (χ3v) is 8.58. The van der Waals surface area contributed by atoms with Gasteiger partial charge < -0.3 is 9.64 Å². The maximum absolute atomic E-state index is 7.00. The van der Waals surface area contributed by atoms with Gasteiger partial charge in [0.25, 0.3) is 0 Å². The maximum Gasteiger partial charge on any atom is 0.156 e. The summed E-state index contributed by atoms with van der Waals surface area (Å²) >= 11 is 0. The number of para-hydroxylation sites is 3. The number of anilines is 3. The zero-order chi connectivity index (χ0) is 28.6. The van der Waals surface area contributed by atoms with Gasteiger partial charge in [-0.2, -0.15) is 0 Å². The van der Waals surface area contributed by atoms with E-state index in [0.29, 0.717) is 0 Å². The molecule has 0 amide bonds. The van der Waals surface area contributed by atoms with Crippen LogP contribution in [-0.4, -0.2) is 0 Å². The minimum absolute atomic E-state index is 0.580. The average Bonchev–Trinajstić information content (AvgIpc) is 3.09. The summed E-state index contributed by atoms with van der Waals surface area (Å²) in [4.78, 5) is 2.34. The molecule has 0 aromatic heterocycles. The van der Waals surface area contributed by atoms with Gasteiger partial charge in [0.15, 0.2) is 5.75 Å². The first kappa shape index (κ1) is 25.1. The topological polar surface area (TPSA) is 12.5 Å². The zero-order valence-electron chi connectivity index (χ0n) is 23.6. The van der Waals surface area contributed by atoms with Crippen molar-refractivity contribution in [2.75, 3.05) is 4.90 Å². The van der Waals surface area contributed by atoms with E-state index in [9.17, 15) is 0 Å². The van der Waals surface area contributed by atoms with Crippen molar-refractivity contribution in [3.8, 4) is 11.5 Å². The van der Waals surface area contributed by atoms with Crippen LogP contribution in [0.4, 0.5) is 17.1 Å². The highest BCUT2D eigenvalue weighted by Crippen LogP contribution is 2.58. The summed E-state index contributed by atoms with van der Waals surface area (Å²) in [7, 11) is 0. The monoisotopic (exact) mass is 551 g/mol. The summed E-state index contributed by atoms with van der Waals surface area (Å²) in [6, 6.07) is 62.4. The molecule has 1 heterocycles. The van der Waals surface area contributed by atoms with E-state index < -0.39 is 5.41 Å². The second-order valence-electron chi connectivity index (χ2n) is 10.9. The van der Waals surface area contributed by atoms with Crippen LogP contribution >= 0.6 is 0 Å². The summed E-state index contributed by atoms with van der Waals surface area (Å²) < 4.78 is 7.00. The fourth-order valence-electron chi connectivity index (χ4n) is 6.78. The molecule has 0 N–H and O–H groups in total. The van der Waals surface area contributed by atoms with E-state index in [0.717, 1.165) is 39.7 Å². The molecule has 204 valence electrons. The van der Waals surface area contributed by atoms with E-state index in [4.69, 9.17) is 4.74 Å². The molecule has 0 saturated heterocycles. The van der Waals surface area contributed by atoms with Gasteiger partial charge in [0.2, 0.25) is 0 Å². The molecule has 0 atom stereocenters. The molecule has 0 saturated carbocycles. The summed E-state index contributed by atoms with van der Waals surface area (Å²) in [5.41, 5.74) is 7.23. The zero-order valence-corrected chi connectivity index (χ0v) is 23.6. The Morgan fingerprint density at radius 2 is 0.953 bits per heavy atom. The van der Waals surface area contributed by atoms with Crippen LogP contribution in [0.1, 0.15) is 22.3 Å². The van der Waals surface area contributed by atoms with Crippen LogP contribution in [-0.2, 0) is 5.41 Å². The molecule has 0 aliphatic carbocycles. The molecule has 0 radical (unpaired) electrons. The normalized spacial score (nSPS) is 13.0. The van der Waals surface area contributed by atoms with E-state index in [1.165, 1.54) is 21.9 Å². The Balaban J connectivity index is 1.49. The highest BCUT2D eigenvalue weighted by molar-refractivity contribution is 6.00. The smallest absolute Gasteiger partial charge is 0.156 e. The first-order chi connectivity index (χ1) is 21.4. The van der Waals surface area contributed by atoms with Crippen molar-refractivity contribution in [1.29, 1.82) is 0 Å². The molecule has 7 aromatic carbocycles. The molecule has 7 aromatic rings. The van der Waals surface area contributed by atoms with Crippen molar-refractivity contribution >= 4 is 27.8 Å². The van der Waals surface area contributed by atoms with E-state index >= 15 is 0 Å². The molecular weight excluding hydrogens is 522 g/mol. The third-order valence-electron chi connectivity index (χ3n) is 8.58. The average molecular weight is 552 g/mol. The highest BCUT2D eigenvalue weighted by Gasteiger charge is 2.46. The molecule has 1 aliphatic heterocycles. The van der Waals surface area contributed by atoms with Crippen molar-refractivity contribution in [1.82, 2.24) is 0 Å². The molecule has 0 spiro atoms. The number of hydrogen-bond donors (Lipinski definition) is 0. The van der Waals surface area contributed by atoms with Gasteiger partial charge in [-0.15, -0.1) is 0 Å². The van der Waals surface area contributed by atoms with Crippen LogP contribution in [0.15, 0.2) is 176 Å². The van der Waals surface area contributed by atoms with Crippen LogP contribution in [0, 0.1) is 0 Å². The summed E-state index contributed by atoms with van der Waals surface area (Å²) in [6.07, 6.45) is 0. The van der Waals surface area contributed by atoms with E-state index in [1.807, 2.05) is 0 Å². The van der Waals surface area contributed by atoms with Crippen LogP contribution in [0.25, 0.3) is 10.8 Å². The third kappa shape index (κ3) is 3.95. The van der Waals surface area contributed by atoms with Crippen molar-refractivity contribution in [3.05, 3.63) is 198 Å². The molecule has 2 heteroatoms. The molecule has 2 nitrogen and oxygen atoms in total. The Bertz CT molecular complexity index is 2010. The molecule has 1 aliphatic rings. The largest absolute Gasteiger partial charge is 0.454 e. The molecule has 8 rings (SSSR count). The maximum atomic E-state index is 7.00. The fraction of sp³-hybridized carbons (Fsp3) is 0.0244. The lowest BCUT2D eigenvalue weighted by atomic mass is 9.63. The SMILES string of the molecule is c1ccc(N(c2cccc3c2Oc2ccccc2C3(c2ccccc2)c2ccccc2)c2cccc3ccccc23)cc1. The molecule has 43 heavy (non-hydrogen) atoms. The fourth-order valence-corrected chi connectivity index (χ4v) is 6.78. The Morgan fingerprint density at radius 3 is 1.70 bits per heavy atom. The van der Waals surface area contributed by atoms with Gasteiger partial charge in [-0.05, 0) is 46.8 Å². The Kier molecular flexibility index (Phi) is 6.05. The number of nitrogens with zero attached hydrogens (tertiary/aromatic N) is 1. The van der Waals surface area contributed by atoms with Gasteiger partial charge >= 0.3 is 0 Å². The van der Waals surface area contributed by atoms with Crippen LogP contribution < -0.4 is 9.64 Å². The highest BCUT2D eigenvalue weighted by atomic mass is 16.5. The number of fused-ring (bicyclic) bond motifs is 3. The second-order valence-corrected chi connectivity index (χ2v) is 10.9. The molecule has 0 fully saturated rings. The lowest BCUT2D eigenvalue weighted by Crippen LogP contribution is -2.34. The number of rotatable bonds is 5. The van der Waals surface area contributed by atoms with Gasteiger partial charge in [-0.25, -0.2) is 0 Å². The molecule has 0 unspecified atom stereocenters. The van der Waals surface area contributed by atoms with Gasteiger partial charge in [-0.1, -0.05) is 146 Å². The number of ether oxygens (including phenoxy) is 1. The molecule has 0 bridgehead atoms. The van der Waals surface area contributed by atoms with Crippen LogP contribution in [0.5, 0.6) is 11.5 Å². The summed E-state index contributed by atoms with van der Waals surface area (Å²) in [5.74, 6) is 1.71. The lowest BCUT2D eigenvalue weighted by molar-refractivity contribution is 0.435.